The van der Waals surface area contributed by atoms with Crippen LogP contribution in [0.4, 0.5) is 0 Å². The van der Waals surface area contributed by atoms with Crippen molar-refractivity contribution in [1.82, 2.24) is 4.98 Å². The van der Waals surface area contributed by atoms with E-state index in [1.807, 2.05) is 24.3 Å². The highest BCUT2D eigenvalue weighted by molar-refractivity contribution is 9.10. The van der Waals surface area contributed by atoms with E-state index in [0.29, 0.717) is 12.2 Å². The summed E-state index contributed by atoms with van der Waals surface area (Å²) in [5, 5.41) is 9.78. The Labute approximate surface area is 106 Å². The molecule has 1 heterocycles. The number of hydrogen-bond donors (Lipinski definition) is 1. The molecule has 1 aromatic heterocycles. The summed E-state index contributed by atoms with van der Waals surface area (Å²) in [6.45, 7) is 0.368. The molecular weight excluding hydrogens is 286 g/mol. The summed E-state index contributed by atoms with van der Waals surface area (Å²) in [5.74, 6) is 0. The molecule has 0 unspecified atom stereocenters. The minimum atomic E-state index is 0.368. The van der Waals surface area contributed by atoms with Gasteiger partial charge in [0.15, 0.2) is 5.69 Å². The van der Waals surface area contributed by atoms with Crippen molar-refractivity contribution in [3.8, 4) is 16.5 Å². The molecule has 2 N–H and O–H groups in total. The maximum Gasteiger partial charge on any atom is 0.159 e. The van der Waals surface area contributed by atoms with Gasteiger partial charge in [0.05, 0.1) is 4.88 Å². The lowest BCUT2D eigenvalue weighted by Gasteiger charge is -1.97. The first kappa shape index (κ1) is 11.3. The number of halogens is 1. The highest BCUT2D eigenvalue weighted by atomic mass is 79.9. The van der Waals surface area contributed by atoms with Crippen LogP contribution in [0.15, 0.2) is 28.7 Å². The normalized spacial score (nSPS) is 10.1. The number of thiazole rings is 1. The van der Waals surface area contributed by atoms with Crippen molar-refractivity contribution in [2.45, 2.75) is 6.54 Å². The fourth-order valence-electron chi connectivity index (χ4n) is 1.35. The molecule has 0 spiro atoms. The first-order chi connectivity index (χ1) is 7.74. The third kappa shape index (κ3) is 2.14. The summed E-state index contributed by atoms with van der Waals surface area (Å²) >= 11 is 4.87. The van der Waals surface area contributed by atoms with Gasteiger partial charge in [0.2, 0.25) is 0 Å². The Balaban J connectivity index is 2.55. The Morgan fingerprint density at radius 2 is 2.31 bits per heavy atom. The second-order valence-electron chi connectivity index (χ2n) is 3.11. The molecule has 1 aromatic carbocycles. The number of aromatic nitrogens is 1. The van der Waals surface area contributed by atoms with Crippen molar-refractivity contribution in [1.29, 1.82) is 5.26 Å². The highest BCUT2D eigenvalue weighted by Gasteiger charge is 2.11. The molecule has 5 heteroatoms. The lowest BCUT2D eigenvalue weighted by molar-refractivity contribution is 1.03. The highest BCUT2D eigenvalue weighted by Crippen LogP contribution is 2.31. The van der Waals surface area contributed by atoms with Crippen LogP contribution in [-0.4, -0.2) is 4.98 Å². The lowest BCUT2D eigenvalue weighted by Crippen LogP contribution is -1.94. The van der Waals surface area contributed by atoms with E-state index < -0.39 is 0 Å². The topological polar surface area (TPSA) is 62.7 Å². The molecule has 0 bridgehead atoms. The number of nitriles is 1. The molecule has 80 valence electrons. The van der Waals surface area contributed by atoms with E-state index in [2.05, 4.69) is 27.0 Å². The molecule has 0 atom stereocenters. The van der Waals surface area contributed by atoms with Gasteiger partial charge in [-0.2, -0.15) is 5.26 Å². The Hall–Kier alpha value is -1.22. The van der Waals surface area contributed by atoms with Crippen LogP contribution in [0.3, 0.4) is 0 Å². The van der Waals surface area contributed by atoms with Gasteiger partial charge in [0.1, 0.15) is 11.1 Å². The van der Waals surface area contributed by atoms with Crippen LogP contribution in [0.5, 0.6) is 0 Å². The summed E-state index contributed by atoms with van der Waals surface area (Å²) in [5.41, 5.74) is 6.96. The van der Waals surface area contributed by atoms with Gasteiger partial charge in [-0.05, 0) is 17.7 Å². The van der Waals surface area contributed by atoms with Crippen LogP contribution in [0.2, 0.25) is 0 Å². The monoisotopic (exact) mass is 293 g/mol. The first-order valence-electron chi connectivity index (χ1n) is 4.60. The molecule has 0 aliphatic heterocycles. The van der Waals surface area contributed by atoms with Crippen molar-refractivity contribution in [3.63, 3.8) is 0 Å². The largest absolute Gasteiger partial charge is 0.325 e. The van der Waals surface area contributed by atoms with Gasteiger partial charge < -0.3 is 5.73 Å². The number of rotatable bonds is 2. The third-order valence-corrected chi connectivity index (χ3v) is 3.66. The summed E-state index contributed by atoms with van der Waals surface area (Å²) in [6, 6.07) is 9.90. The van der Waals surface area contributed by atoms with Gasteiger partial charge in [-0.3, -0.25) is 0 Å². The van der Waals surface area contributed by atoms with Crippen LogP contribution in [0.1, 0.15) is 10.7 Å². The van der Waals surface area contributed by atoms with Crippen LogP contribution in [-0.2, 0) is 6.54 Å². The third-order valence-electron chi connectivity index (χ3n) is 2.04. The summed E-state index contributed by atoms with van der Waals surface area (Å²) < 4.78 is 0.983. The minimum Gasteiger partial charge on any atom is -0.325 e. The van der Waals surface area contributed by atoms with E-state index in [4.69, 9.17) is 11.0 Å². The fourth-order valence-corrected chi connectivity index (χ4v) is 2.64. The summed E-state index contributed by atoms with van der Waals surface area (Å²) in [6.07, 6.45) is 0. The van der Waals surface area contributed by atoms with Gasteiger partial charge in [-0.15, -0.1) is 11.3 Å². The molecule has 0 amide bonds. The molecule has 0 aliphatic carbocycles. The smallest absolute Gasteiger partial charge is 0.159 e. The molecule has 0 saturated heterocycles. The van der Waals surface area contributed by atoms with Gasteiger partial charge in [0.25, 0.3) is 0 Å². The quantitative estimate of drug-likeness (QED) is 0.926. The fraction of sp³-hybridized carbons (Fsp3) is 0.0909. The standard InChI is InChI=1S/C11H8BrN3S/c12-8-3-1-2-7(4-8)11-9(5-13)15-10(6-14)16-11/h1-4H,6,14H2. The van der Waals surface area contributed by atoms with Crippen molar-refractivity contribution in [2.24, 2.45) is 5.73 Å². The van der Waals surface area contributed by atoms with Gasteiger partial charge in [0, 0.05) is 11.0 Å². The van der Waals surface area contributed by atoms with E-state index >= 15 is 0 Å². The average Bonchev–Trinajstić information content (AvgIpc) is 2.72. The number of nitrogens with two attached hydrogens (primary N) is 1. The van der Waals surface area contributed by atoms with E-state index in [1.165, 1.54) is 11.3 Å². The zero-order valence-electron chi connectivity index (χ0n) is 8.27. The van der Waals surface area contributed by atoms with Crippen molar-refractivity contribution >= 4 is 27.3 Å². The van der Waals surface area contributed by atoms with E-state index in [9.17, 15) is 0 Å². The molecule has 0 saturated carbocycles. The van der Waals surface area contributed by atoms with E-state index in [1.54, 1.807) is 0 Å². The number of nitrogens with zero attached hydrogens (tertiary/aromatic N) is 2. The van der Waals surface area contributed by atoms with Crippen molar-refractivity contribution in [2.75, 3.05) is 0 Å². The molecule has 0 fully saturated rings. The number of hydrogen-bond acceptors (Lipinski definition) is 4. The Kier molecular flexibility index (Phi) is 3.34. The second kappa shape index (κ2) is 4.74. The molecule has 16 heavy (non-hydrogen) atoms. The minimum absolute atomic E-state index is 0.368. The molecule has 0 radical (unpaired) electrons. The summed E-state index contributed by atoms with van der Waals surface area (Å²) in [7, 11) is 0. The predicted octanol–water partition coefficient (Wildman–Crippen LogP) is 2.90. The zero-order valence-corrected chi connectivity index (χ0v) is 10.7. The SMILES string of the molecule is N#Cc1nc(CN)sc1-c1cccc(Br)c1. The van der Waals surface area contributed by atoms with Crippen LogP contribution in [0.25, 0.3) is 10.4 Å². The Bertz CT molecular complexity index is 557. The summed E-state index contributed by atoms with van der Waals surface area (Å²) in [4.78, 5) is 5.05. The maximum absolute atomic E-state index is 9.00. The molecule has 2 aromatic rings. The maximum atomic E-state index is 9.00. The van der Waals surface area contributed by atoms with E-state index in [-0.39, 0.29) is 0 Å². The van der Waals surface area contributed by atoms with E-state index in [0.717, 1.165) is 19.9 Å². The second-order valence-corrected chi connectivity index (χ2v) is 5.11. The molecule has 3 nitrogen and oxygen atoms in total. The van der Waals surface area contributed by atoms with Gasteiger partial charge in [-0.1, -0.05) is 28.1 Å². The van der Waals surface area contributed by atoms with Crippen LogP contribution in [0, 0.1) is 11.3 Å². The number of benzene rings is 1. The first-order valence-corrected chi connectivity index (χ1v) is 6.21. The Morgan fingerprint density at radius 1 is 1.50 bits per heavy atom. The molecular formula is C11H8BrN3S. The van der Waals surface area contributed by atoms with Crippen LogP contribution >= 0.6 is 27.3 Å². The Morgan fingerprint density at radius 3 is 2.94 bits per heavy atom. The average molecular weight is 294 g/mol. The molecule has 0 aliphatic rings. The van der Waals surface area contributed by atoms with Crippen LogP contribution < -0.4 is 5.73 Å². The van der Waals surface area contributed by atoms with Crippen molar-refractivity contribution < 1.29 is 0 Å². The van der Waals surface area contributed by atoms with Gasteiger partial charge in [-0.25, -0.2) is 4.98 Å². The van der Waals surface area contributed by atoms with Gasteiger partial charge >= 0.3 is 0 Å². The zero-order chi connectivity index (χ0) is 11.5. The molecule has 2 rings (SSSR count). The van der Waals surface area contributed by atoms with Crippen molar-refractivity contribution in [3.05, 3.63) is 39.4 Å². The lowest BCUT2D eigenvalue weighted by atomic mass is 10.2. The predicted molar refractivity (Wildman–Crippen MR) is 67.9 cm³/mol.